The summed E-state index contributed by atoms with van der Waals surface area (Å²) in [6, 6.07) is 9.77. The van der Waals surface area contributed by atoms with E-state index in [0.29, 0.717) is 6.54 Å². The van der Waals surface area contributed by atoms with Gasteiger partial charge in [-0.3, -0.25) is 4.79 Å². The van der Waals surface area contributed by atoms with Gasteiger partial charge in [-0.1, -0.05) is 6.07 Å². The number of anilines is 1. The zero-order chi connectivity index (χ0) is 15.4. The number of nitrogens with one attached hydrogen (secondary N) is 1. The predicted octanol–water partition coefficient (Wildman–Crippen LogP) is 3.73. The van der Waals surface area contributed by atoms with Crippen LogP contribution in [0.3, 0.4) is 0 Å². The van der Waals surface area contributed by atoms with E-state index in [2.05, 4.69) is 21.2 Å². The van der Waals surface area contributed by atoms with Crippen LogP contribution in [0.1, 0.15) is 17.1 Å². The maximum Gasteiger partial charge on any atom is 0.242 e. The fourth-order valence-corrected chi connectivity index (χ4v) is 2.59. The first-order chi connectivity index (χ1) is 9.95. The molecule has 0 fully saturated rings. The van der Waals surface area contributed by atoms with E-state index >= 15 is 0 Å². The largest absolute Gasteiger partial charge is 0.464 e. The number of hydrogen-bond acceptors (Lipinski definition) is 3. The Morgan fingerprint density at radius 3 is 2.67 bits per heavy atom. The molecule has 0 unspecified atom stereocenters. The summed E-state index contributed by atoms with van der Waals surface area (Å²) in [5, 5.41) is 3.14. The summed E-state index contributed by atoms with van der Waals surface area (Å²) in [6.07, 6.45) is 0. The Morgan fingerprint density at radius 1 is 1.29 bits per heavy atom. The summed E-state index contributed by atoms with van der Waals surface area (Å²) in [6.45, 7) is 4.64. The number of halogens is 1. The lowest BCUT2D eigenvalue weighted by Crippen LogP contribution is -2.31. The molecule has 0 aliphatic rings. The Morgan fingerprint density at radius 2 is 2.05 bits per heavy atom. The zero-order valence-electron chi connectivity index (χ0n) is 12.4. The molecule has 0 bridgehead atoms. The Balaban J connectivity index is 1.89. The van der Waals surface area contributed by atoms with Crippen molar-refractivity contribution in [3.05, 3.63) is 51.9 Å². The van der Waals surface area contributed by atoms with Crippen molar-refractivity contribution in [1.29, 1.82) is 0 Å². The third-order valence-corrected chi connectivity index (χ3v) is 3.83. The van der Waals surface area contributed by atoms with E-state index in [4.69, 9.17) is 4.42 Å². The number of aryl methyl sites for hydroxylation is 2. The molecule has 1 N–H and O–H groups in total. The highest BCUT2D eigenvalue weighted by atomic mass is 79.9. The lowest BCUT2D eigenvalue weighted by molar-refractivity contribution is -0.128. The van der Waals surface area contributed by atoms with Crippen molar-refractivity contribution >= 4 is 27.5 Å². The van der Waals surface area contributed by atoms with Crippen LogP contribution in [0, 0.1) is 13.8 Å². The third kappa shape index (κ3) is 4.36. The minimum atomic E-state index is 0.0107. The van der Waals surface area contributed by atoms with Crippen LogP contribution in [0.15, 0.2) is 39.2 Å². The number of benzene rings is 1. The van der Waals surface area contributed by atoms with Crippen molar-refractivity contribution in [2.45, 2.75) is 20.4 Å². The quantitative estimate of drug-likeness (QED) is 0.893. The molecule has 2 rings (SSSR count). The second kappa shape index (κ2) is 6.80. The minimum absolute atomic E-state index is 0.0107. The first-order valence-electron chi connectivity index (χ1n) is 6.75. The van der Waals surface area contributed by atoms with Gasteiger partial charge in [0.1, 0.15) is 11.5 Å². The molecule has 0 atom stereocenters. The van der Waals surface area contributed by atoms with E-state index in [-0.39, 0.29) is 12.5 Å². The summed E-state index contributed by atoms with van der Waals surface area (Å²) in [5.41, 5.74) is 2.08. The van der Waals surface area contributed by atoms with Crippen LogP contribution in [0.2, 0.25) is 0 Å². The topological polar surface area (TPSA) is 45.5 Å². The standard InChI is InChI=1S/C16H19BrN2O2/c1-11-4-7-15(14(17)8-11)18-9-16(20)19(3)10-13-6-5-12(2)21-13/h4-8,18H,9-10H2,1-3H3. The molecular weight excluding hydrogens is 332 g/mol. The molecule has 0 radical (unpaired) electrons. The van der Waals surface area contributed by atoms with E-state index in [1.807, 2.05) is 44.2 Å². The normalized spacial score (nSPS) is 10.5. The van der Waals surface area contributed by atoms with Crippen molar-refractivity contribution in [2.24, 2.45) is 0 Å². The molecule has 1 aromatic carbocycles. The van der Waals surface area contributed by atoms with Crippen molar-refractivity contribution in [3.8, 4) is 0 Å². The van der Waals surface area contributed by atoms with Crippen LogP contribution < -0.4 is 5.32 Å². The summed E-state index contributed by atoms with van der Waals surface area (Å²) in [4.78, 5) is 13.8. The monoisotopic (exact) mass is 350 g/mol. The molecule has 0 aliphatic carbocycles. The van der Waals surface area contributed by atoms with Crippen molar-refractivity contribution in [2.75, 3.05) is 18.9 Å². The van der Waals surface area contributed by atoms with E-state index in [1.54, 1.807) is 11.9 Å². The van der Waals surface area contributed by atoms with E-state index in [9.17, 15) is 4.79 Å². The van der Waals surface area contributed by atoms with Gasteiger partial charge in [-0.25, -0.2) is 0 Å². The van der Waals surface area contributed by atoms with Crippen molar-refractivity contribution in [1.82, 2.24) is 4.90 Å². The van der Waals surface area contributed by atoms with Gasteiger partial charge in [-0.2, -0.15) is 0 Å². The summed E-state index contributed by atoms with van der Waals surface area (Å²) in [7, 11) is 1.77. The van der Waals surface area contributed by atoms with Crippen LogP contribution in [-0.4, -0.2) is 24.4 Å². The van der Waals surface area contributed by atoms with Crippen LogP contribution in [0.25, 0.3) is 0 Å². The van der Waals surface area contributed by atoms with Gasteiger partial charge in [0, 0.05) is 17.2 Å². The van der Waals surface area contributed by atoms with Crippen molar-refractivity contribution < 1.29 is 9.21 Å². The number of likely N-dealkylation sites (N-methyl/N-ethyl adjacent to an activating group) is 1. The van der Waals surface area contributed by atoms with Crippen molar-refractivity contribution in [3.63, 3.8) is 0 Å². The fourth-order valence-electron chi connectivity index (χ4n) is 1.96. The van der Waals surface area contributed by atoms with Gasteiger partial charge < -0.3 is 14.6 Å². The summed E-state index contributed by atoms with van der Waals surface area (Å²) >= 11 is 3.49. The smallest absolute Gasteiger partial charge is 0.242 e. The Bertz CT molecular complexity index is 637. The van der Waals surface area contributed by atoms with Gasteiger partial charge in [0.15, 0.2) is 0 Å². The molecule has 1 aromatic heterocycles. The van der Waals surface area contributed by atoms with Crippen LogP contribution in [0.4, 0.5) is 5.69 Å². The highest BCUT2D eigenvalue weighted by Gasteiger charge is 2.11. The maximum atomic E-state index is 12.1. The molecule has 4 nitrogen and oxygen atoms in total. The van der Waals surface area contributed by atoms with Crippen LogP contribution in [-0.2, 0) is 11.3 Å². The molecule has 0 aliphatic heterocycles. The molecule has 112 valence electrons. The minimum Gasteiger partial charge on any atom is -0.464 e. The van der Waals surface area contributed by atoms with Gasteiger partial charge in [0.2, 0.25) is 5.91 Å². The molecule has 21 heavy (non-hydrogen) atoms. The predicted molar refractivity (Wildman–Crippen MR) is 87.3 cm³/mol. The first-order valence-corrected chi connectivity index (χ1v) is 7.54. The molecule has 2 aromatic rings. The Kier molecular flexibility index (Phi) is 5.07. The number of rotatable bonds is 5. The molecule has 1 heterocycles. The van der Waals surface area contributed by atoms with Gasteiger partial charge in [-0.15, -0.1) is 0 Å². The Hall–Kier alpha value is -1.75. The highest BCUT2D eigenvalue weighted by Crippen LogP contribution is 2.23. The van der Waals surface area contributed by atoms with Crippen LogP contribution >= 0.6 is 15.9 Å². The number of carbonyl (C=O) groups excluding carboxylic acids is 1. The van der Waals surface area contributed by atoms with Crippen LogP contribution in [0.5, 0.6) is 0 Å². The van der Waals surface area contributed by atoms with Gasteiger partial charge in [-0.05, 0) is 59.6 Å². The molecule has 0 saturated carbocycles. The molecule has 5 heteroatoms. The zero-order valence-corrected chi connectivity index (χ0v) is 14.0. The van der Waals surface area contributed by atoms with E-state index in [0.717, 1.165) is 21.7 Å². The number of carbonyl (C=O) groups is 1. The van der Waals surface area contributed by atoms with E-state index in [1.165, 1.54) is 5.56 Å². The highest BCUT2D eigenvalue weighted by molar-refractivity contribution is 9.10. The number of amides is 1. The average Bonchev–Trinajstić information content (AvgIpc) is 2.82. The van der Waals surface area contributed by atoms with Gasteiger partial charge in [0.25, 0.3) is 0 Å². The average molecular weight is 351 g/mol. The molecule has 0 saturated heterocycles. The number of furan rings is 1. The molecular formula is C16H19BrN2O2. The maximum absolute atomic E-state index is 12.1. The number of nitrogens with zero attached hydrogens (tertiary/aromatic N) is 1. The first kappa shape index (κ1) is 15.6. The summed E-state index contributed by atoms with van der Waals surface area (Å²) < 4.78 is 6.44. The van der Waals surface area contributed by atoms with E-state index < -0.39 is 0 Å². The lowest BCUT2D eigenvalue weighted by atomic mass is 10.2. The SMILES string of the molecule is Cc1ccc(NCC(=O)N(C)Cc2ccc(C)o2)c(Br)c1. The van der Waals surface area contributed by atoms with Gasteiger partial charge >= 0.3 is 0 Å². The Labute approximate surface area is 133 Å². The second-order valence-electron chi connectivity index (χ2n) is 5.10. The lowest BCUT2D eigenvalue weighted by Gasteiger charge is -2.17. The second-order valence-corrected chi connectivity index (χ2v) is 5.95. The molecule has 1 amide bonds. The summed E-state index contributed by atoms with van der Waals surface area (Å²) in [5.74, 6) is 1.66. The molecule has 0 spiro atoms. The fraction of sp³-hybridized carbons (Fsp3) is 0.312. The van der Waals surface area contributed by atoms with Gasteiger partial charge in [0.05, 0.1) is 13.1 Å². The number of hydrogen-bond donors (Lipinski definition) is 1. The third-order valence-electron chi connectivity index (χ3n) is 3.17.